The van der Waals surface area contributed by atoms with Crippen LogP contribution in [0.2, 0.25) is 0 Å². The van der Waals surface area contributed by atoms with Crippen molar-refractivity contribution in [3.63, 3.8) is 0 Å². The number of carbonyl (C=O) groups is 5. The zero-order valence-electron chi connectivity index (χ0n) is 25.7. The molecule has 3 rings (SSSR count). The number of ether oxygens (including phenoxy) is 4. The smallest absolute Gasteiger partial charge is 0.341 e. The second kappa shape index (κ2) is 15.7. The Kier molecular flexibility index (Phi) is 12.1. The molecule has 2 aromatic carbocycles. The Balaban J connectivity index is 1.84. The number of aryl methyl sites for hydroxylation is 1. The van der Waals surface area contributed by atoms with Gasteiger partial charge in [-0.1, -0.05) is 24.8 Å². The number of ketones is 1. The summed E-state index contributed by atoms with van der Waals surface area (Å²) in [7, 11) is 1.43. The quantitative estimate of drug-likeness (QED) is 0.168. The lowest BCUT2D eigenvalue weighted by atomic mass is 9.87. The first-order chi connectivity index (χ1) is 21.4. The zero-order chi connectivity index (χ0) is 33.1. The molecule has 0 spiro atoms. The first-order valence-electron chi connectivity index (χ1n) is 14.5. The van der Waals surface area contributed by atoms with Crippen LogP contribution in [0.25, 0.3) is 0 Å². The Morgan fingerprint density at radius 2 is 1.87 bits per heavy atom. The third kappa shape index (κ3) is 9.56. The van der Waals surface area contributed by atoms with Gasteiger partial charge in [-0.2, -0.15) is 0 Å². The van der Waals surface area contributed by atoms with Crippen molar-refractivity contribution in [2.24, 2.45) is 5.41 Å². The molecule has 0 aliphatic carbocycles. The van der Waals surface area contributed by atoms with E-state index in [1.54, 1.807) is 36.4 Å². The number of piperidine rings is 1. The fourth-order valence-electron chi connectivity index (χ4n) is 4.85. The summed E-state index contributed by atoms with van der Waals surface area (Å²) in [5.74, 6) is -3.72. The van der Waals surface area contributed by atoms with Gasteiger partial charge >= 0.3 is 17.9 Å². The number of phenols is 1. The number of amides is 1. The maximum absolute atomic E-state index is 13.7. The molecule has 2 aromatic rings. The molecule has 2 atom stereocenters. The van der Waals surface area contributed by atoms with Crippen LogP contribution in [0, 0.1) is 5.41 Å². The minimum absolute atomic E-state index is 0.0221. The van der Waals surface area contributed by atoms with Gasteiger partial charge in [-0.15, -0.1) is 0 Å². The highest BCUT2D eigenvalue weighted by Crippen LogP contribution is 2.32. The largest absolute Gasteiger partial charge is 0.504 e. The second-order valence-electron chi connectivity index (χ2n) is 11.3. The topological polar surface area (TPSA) is 166 Å². The summed E-state index contributed by atoms with van der Waals surface area (Å²) in [5, 5.41) is 19.0. The number of Topliss-reactive ketones (excluding diaryl/α,β-unsaturated/α-hetero) is 1. The molecule has 1 fully saturated rings. The van der Waals surface area contributed by atoms with E-state index < -0.39 is 53.8 Å². The van der Waals surface area contributed by atoms with Gasteiger partial charge in [0, 0.05) is 12.6 Å². The number of hydrogen-bond acceptors (Lipinski definition) is 10. The summed E-state index contributed by atoms with van der Waals surface area (Å²) in [6.07, 6.45) is 2.31. The number of methoxy groups -OCH3 is 1. The molecule has 1 aliphatic heterocycles. The molecule has 242 valence electrons. The van der Waals surface area contributed by atoms with E-state index in [-0.39, 0.29) is 43.2 Å². The van der Waals surface area contributed by atoms with Crippen molar-refractivity contribution in [3.8, 4) is 17.2 Å². The molecular weight excluding hydrogens is 586 g/mol. The fraction of sp³-hybridized carbons (Fsp3) is 0.424. The maximum Gasteiger partial charge on any atom is 0.341 e. The van der Waals surface area contributed by atoms with Crippen LogP contribution in [-0.4, -0.2) is 77.6 Å². The maximum atomic E-state index is 13.7. The van der Waals surface area contributed by atoms with E-state index in [1.165, 1.54) is 31.9 Å². The van der Waals surface area contributed by atoms with E-state index in [2.05, 4.69) is 6.58 Å². The number of aliphatic carboxylic acids is 1. The van der Waals surface area contributed by atoms with Crippen molar-refractivity contribution < 1.29 is 53.1 Å². The van der Waals surface area contributed by atoms with E-state index in [0.29, 0.717) is 24.8 Å². The van der Waals surface area contributed by atoms with Gasteiger partial charge in [0.05, 0.1) is 12.5 Å². The van der Waals surface area contributed by atoms with Gasteiger partial charge in [0.15, 0.2) is 18.1 Å². The number of carbonyl (C=O) groups excluding carboxylic acids is 4. The molecule has 0 bridgehead atoms. The Morgan fingerprint density at radius 1 is 1.11 bits per heavy atom. The third-order valence-corrected chi connectivity index (χ3v) is 7.38. The van der Waals surface area contributed by atoms with E-state index >= 15 is 0 Å². The predicted octanol–water partition coefficient (Wildman–Crippen LogP) is 3.79. The van der Waals surface area contributed by atoms with Crippen LogP contribution in [0.3, 0.4) is 0 Å². The molecule has 12 nitrogen and oxygen atoms in total. The Bertz CT molecular complexity index is 1420. The normalized spacial score (nSPS) is 15.4. The summed E-state index contributed by atoms with van der Waals surface area (Å²) in [6.45, 7) is 5.56. The summed E-state index contributed by atoms with van der Waals surface area (Å²) >= 11 is 0. The molecule has 0 unspecified atom stereocenters. The number of phenolic OH excluding ortho intramolecular Hbond substituents is 1. The molecule has 2 N–H and O–H groups in total. The average molecular weight is 626 g/mol. The van der Waals surface area contributed by atoms with Crippen LogP contribution >= 0.6 is 0 Å². The highest BCUT2D eigenvalue weighted by Gasteiger charge is 2.42. The molecule has 0 radical (unpaired) electrons. The lowest BCUT2D eigenvalue weighted by molar-refractivity contribution is -0.165. The standard InChI is InChI=1S/C33H39NO11/c1-5-29(38)44-20-33(2,3)30(39)31(40)34-16-7-6-11-24(34)32(41)45-26(15-13-21-12-14-25(35)27(17-21)42-4)22-9-8-10-23(18-22)43-19-28(36)37/h5,8-10,12,14,17-18,24,26,35H,1,6-7,11,13,15-16,19-20H2,2-4H3,(H,36,37)/t24-,26+/m0/s1. The monoisotopic (exact) mass is 625 g/mol. The number of rotatable bonds is 15. The Labute approximate surface area is 261 Å². The number of benzene rings is 2. The van der Waals surface area contributed by atoms with E-state index in [0.717, 1.165) is 11.6 Å². The van der Waals surface area contributed by atoms with Crippen molar-refractivity contribution in [3.05, 3.63) is 66.2 Å². The van der Waals surface area contributed by atoms with Gasteiger partial charge in [0.1, 0.15) is 24.5 Å². The number of nitrogens with zero attached hydrogens (tertiary/aromatic N) is 1. The van der Waals surface area contributed by atoms with Crippen molar-refractivity contribution in [2.75, 3.05) is 26.9 Å². The summed E-state index contributed by atoms with van der Waals surface area (Å²) in [6, 6.07) is 10.4. The number of hydrogen-bond donors (Lipinski definition) is 2. The number of carboxylic acid groups (broad SMARTS) is 1. The number of likely N-dealkylation sites (tertiary alicyclic amines) is 1. The van der Waals surface area contributed by atoms with Crippen LogP contribution < -0.4 is 9.47 Å². The molecule has 0 saturated carbocycles. The van der Waals surface area contributed by atoms with Crippen molar-refractivity contribution in [1.82, 2.24) is 4.90 Å². The lowest BCUT2D eigenvalue weighted by Crippen LogP contribution is -2.53. The molecule has 1 amide bonds. The molecule has 12 heteroatoms. The van der Waals surface area contributed by atoms with Gasteiger partial charge in [-0.05, 0) is 81.3 Å². The first kappa shape index (κ1) is 34.6. The van der Waals surface area contributed by atoms with Gasteiger partial charge in [-0.3, -0.25) is 9.59 Å². The molecule has 1 heterocycles. The van der Waals surface area contributed by atoms with Crippen LogP contribution in [0.5, 0.6) is 17.2 Å². The molecule has 0 aromatic heterocycles. The second-order valence-corrected chi connectivity index (χ2v) is 11.3. The average Bonchev–Trinajstić information content (AvgIpc) is 3.04. The Morgan fingerprint density at radius 3 is 2.56 bits per heavy atom. The van der Waals surface area contributed by atoms with Gasteiger partial charge < -0.3 is 34.1 Å². The Hall–Kier alpha value is -4.87. The SMILES string of the molecule is C=CC(=O)OCC(C)(C)C(=O)C(=O)N1CCCC[C@H]1C(=O)O[C@H](CCc1ccc(O)c(OC)c1)c1cccc(OCC(=O)O)c1. The van der Waals surface area contributed by atoms with Crippen molar-refractivity contribution in [2.45, 2.75) is 58.1 Å². The van der Waals surface area contributed by atoms with Crippen LogP contribution in [0.1, 0.15) is 56.8 Å². The fourth-order valence-corrected chi connectivity index (χ4v) is 4.85. The number of carboxylic acids is 1. The van der Waals surface area contributed by atoms with E-state index in [9.17, 15) is 29.1 Å². The number of aromatic hydroxyl groups is 1. The van der Waals surface area contributed by atoms with Gasteiger partial charge in [-0.25, -0.2) is 14.4 Å². The predicted molar refractivity (Wildman–Crippen MR) is 161 cm³/mol. The van der Waals surface area contributed by atoms with Gasteiger partial charge in [0.25, 0.3) is 5.91 Å². The molecular formula is C33H39NO11. The highest BCUT2D eigenvalue weighted by molar-refractivity contribution is 6.38. The van der Waals surface area contributed by atoms with Crippen LogP contribution in [0.15, 0.2) is 55.1 Å². The van der Waals surface area contributed by atoms with E-state index in [4.69, 9.17) is 24.1 Å². The third-order valence-electron chi connectivity index (χ3n) is 7.38. The summed E-state index contributed by atoms with van der Waals surface area (Å²) in [5.41, 5.74) is -0.0125. The summed E-state index contributed by atoms with van der Waals surface area (Å²) < 4.78 is 21.6. The van der Waals surface area contributed by atoms with E-state index in [1.807, 2.05) is 0 Å². The van der Waals surface area contributed by atoms with Crippen LogP contribution in [0.4, 0.5) is 0 Å². The van der Waals surface area contributed by atoms with Crippen LogP contribution in [-0.2, 0) is 39.9 Å². The summed E-state index contributed by atoms with van der Waals surface area (Å²) in [4.78, 5) is 64.1. The first-order valence-corrected chi connectivity index (χ1v) is 14.5. The molecule has 1 aliphatic rings. The molecule has 45 heavy (non-hydrogen) atoms. The lowest BCUT2D eigenvalue weighted by Gasteiger charge is -2.36. The zero-order valence-corrected chi connectivity index (χ0v) is 25.7. The van der Waals surface area contributed by atoms with Crippen molar-refractivity contribution >= 4 is 29.6 Å². The molecule has 1 saturated heterocycles. The highest BCUT2D eigenvalue weighted by atomic mass is 16.5. The number of esters is 2. The minimum atomic E-state index is -1.34. The minimum Gasteiger partial charge on any atom is -0.504 e. The van der Waals surface area contributed by atoms with Gasteiger partial charge in [0.2, 0.25) is 5.78 Å². The van der Waals surface area contributed by atoms with Crippen molar-refractivity contribution in [1.29, 1.82) is 0 Å².